The zero-order chi connectivity index (χ0) is 15.6. The number of hydrogen-bond acceptors (Lipinski definition) is 5. The second kappa shape index (κ2) is 5.42. The topological polar surface area (TPSA) is 114 Å². The second-order valence-corrected chi connectivity index (χ2v) is 4.35. The van der Waals surface area contributed by atoms with Crippen molar-refractivity contribution >= 4 is 17.4 Å². The molecule has 1 N–H and O–H groups in total. The number of nitrogens with one attached hydrogen (secondary N) is 1. The van der Waals surface area contributed by atoms with Crippen LogP contribution in [0.3, 0.4) is 0 Å². The standard InChI is InChI=1S/C13H11N5O3/c1-8-5-9(3-4-11(8)18(20)21)13(19)16-12-10(6-14)7-15-17(12)2/h3-5,7H,1-2H3,(H,16,19). The van der Waals surface area contributed by atoms with Crippen molar-refractivity contribution in [2.75, 3.05) is 5.32 Å². The number of nitro benzene ring substituents is 1. The van der Waals surface area contributed by atoms with Gasteiger partial charge in [-0.2, -0.15) is 10.4 Å². The van der Waals surface area contributed by atoms with Gasteiger partial charge in [0.1, 0.15) is 17.5 Å². The minimum atomic E-state index is -0.508. The van der Waals surface area contributed by atoms with E-state index in [9.17, 15) is 14.9 Å². The summed E-state index contributed by atoms with van der Waals surface area (Å²) in [4.78, 5) is 22.4. The van der Waals surface area contributed by atoms with Crippen molar-refractivity contribution in [3.63, 3.8) is 0 Å². The van der Waals surface area contributed by atoms with Gasteiger partial charge in [0.05, 0.1) is 11.1 Å². The summed E-state index contributed by atoms with van der Waals surface area (Å²) >= 11 is 0. The van der Waals surface area contributed by atoms with Gasteiger partial charge in [-0.1, -0.05) is 0 Å². The molecule has 0 radical (unpaired) electrons. The van der Waals surface area contributed by atoms with Gasteiger partial charge in [0.25, 0.3) is 11.6 Å². The lowest BCUT2D eigenvalue weighted by Gasteiger charge is -2.07. The summed E-state index contributed by atoms with van der Waals surface area (Å²) in [6.07, 6.45) is 1.34. The molecule has 0 aliphatic heterocycles. The maximum atomic E-state index is 12.1. The largest absolute Gasteiger partial charge is 0.306 e. The van der Waals surface area contributed by atoms with Crippen LogP contribution in [0.4, 0.5) is 11.5 Å². The predicted octanol–water partition coefficient (Wildman–Crippen LogP) is 1.76. The number of aromatic nitrogens is 2. The summed E-state index contributed by atoms with van der Waals surface area (Å²) in [5.41, 5.74) is 0.843. The van der Waals surface area contributed by atoms with Crippen LogP contribution >= 0.6 is 0 Å². The summed E-state index contributed by atoms with van der Waals surface area (Å²) in [6, 6.07) is 5.99. The minimum absolute atomic E-state index is 0.0511. The van der Waals surface area contributed by atoms with Gasteiger partial charge < -0.3 is 5.32 Å². The Balaban J connectivity index is 2.29. The Bertz CT molecular complexity index is 773. The van der Waals surface area contributed by atoms with E-state index in [-0.39, 0.29) is 22.6 Å². The third-order valence-corrected chi connectivity index (χ3v) is 2.95. The van der Waals surface area contributed by atoms with E-state index < -0.39 is 10.8 Å². The van der Waals surface area contributed by atoms with Crippen LogP contribution in [-0.4, -0.2) is 20.6 Å². The van der Waals surface area contributed by atoms with Gasteiger partial charge in [-0.3, -0.25) is 19.6 Å². The van der Waals surface area contributed by atoms with Crippen molar-refractivity contribution in [1.29, 1.82) is 5.26 Å². The number of carbonyl (C=O) groups is 1. The second-order valence-electron chi connectivity index (χ2n) is 4.35. The molecule has 1 aromatic heterocycles. The number of nitriles is 1. The first-order chi connectivity index (χ1) is 9.93. The first-order valence-electron chi connectivity index (χ1n) is 5.92. The molecule has 2 rings (SSSR count). The van der Waals surface area contributed by atoms with E-state index in [0.29, 0.717) is 5.56 Å². The van der Waals surface area contributed by atoms with Crippen molar-refractivity contribution < 1.29 is 9.72 Å². The molecule has 21 heavy (non-hydrogen) atoms. The van der Waals surface area contributed by atoms with Crippen molar-refractivity contribution in [3.8, 4) is 6.07 Å². The van der Waals surface area contributed by atoms with Crippen molar-refractivity contribution in [1.82, 2.24) is 9.78 Å². The van der Waals surface area contributed by atoms with Gasteiger partial charge in [0.2, 0.25) is 0 Å². The summed E-state index contributed by atoms with van der Waals surface area (Å²) in [7, 11) is 1.59. The van der Waals surface area contributed by atoms with E-state index in [4.69, 9.17) is 5.26 Å². The minimum Gasteiger partial charge on any atom is -0.306 e. The van der Waals surface area contributed by atoms with Gasteiger partial charge >= 0.3 is 0 Å². The molecular formula is C13H11N5O3. The number of rotatable bonds is 3. The summed E-state index contributed by atoms with van der Waals surface area (Å²) in [5, 5.41) is 26.1. The fourth-order valence-electron chi connectivity index (χ4n) is 1.85. The Labute approximate surface area is 119 Å². The van der Waals surface area contributed by atoms with Crippen LogP contribution < -0.4 is 5.32 Å². The van der Waals surface area contributed by atoms with Gasteiger partial charge in [0.15, 0.2) is 0 Å². The van der Waals surface area contributed by atoms with E-state index in [0.717, 1.165) is 0 Å². The highest BCUT2D eigenvalue weighted by atomic mass is 16.6. The summed E-state index contributed by atoms with van der Waals surface area (Å²) in [6.45, 7) is 1.56. The van der Waals surface area contributed by atoms with E-state index >= 15 is 0 Å². The molecule has 106 valence electrons. The SMILES string of the molecule is Cc1cc(C(=O)Nc2c(C#N)cnn2C)ccc1[N+](=O)[O-]. The smallest absolute Gasteiger partial charge is 0.272 e. The Morgan fingerprint density at radius 2 is 2.24 bits per heavy atom. The average molecular weight is 285 g/mol. The van der Waals surface area contributed by atoms with E-state index in [1.807, 2.05) is 6.07 Å². The van der Waals surface area contributed by atoms with E-state index in [1.54, 1.807) is 14.0 Å². The van der Waals surface area contributed by atoms with E-state index in [1.165, 1.54) is 29.1 Å². The molecule has 2 aromatic rings. The molecule has 0 atom stereocenters. The van der Waals surface area contributed by atoms with Crippen LogP contribution in [0.5, 0.6) is 0 Å². The van der Waals surface area contributed by atoms with Crippen LogP contribution in [0.15, 0.2) is 24.4 Å². The number of carbonyl (C=O) groups excluding carboxylic acids is 1. The molecular weight excluding hydrogens is 274 g/mol. The van der Waals surface area contributed by atoms with Gasteiger partial charge in [0, 0.05) is 24.2 Å². The van der Waals surface area contributed by atoms with Gasteiger partial charge in [-0.15, -0.1) is 0 Å². The fraction of sp³-hybridized carbons (Fsp3) is 0.154. The third kappa shape index (κ3) is 2.71. The third-order valence-electron chi connectivity index (χ3n) is 2.95. The molecule has 8 heteroatoms. The number of aryl methyl sites for hydroxylation is 2. The number of hydrogen-bond donors (Lipinski definition) is 1. The fourth-order valence-corrected chi connectivity index (χ4v) is 1.85. The number of benzene rings is 1. The molecule has 0 bridgehead atoms. The van der Waals surface area contributed by atoms with Crippen molar-refractivity contribution in [2.24, 2.45) is 7.05 Å². The molecule has 1 aromatic carbocycles. The summed E-state index contributed by atoms with van der Waals surface area (Å²) in [5.74, 6) is -0.188. The van der Waals surface area contributed by atoms with Crippen molar-refractivity contribution in [2.45, 2.75) is 6.92 Å². The Morgan fingerprint density at radius 3 is 2.81 bits per heavy atom. The first-order valence-corrected chi connectivity index (χ1v) is 5.92. The Kier molecular flexibility index (Phi) is 3.67. The molecule has 1 amide bonds. The Hall–Kier alpha value is -3.21. The highest BCUT2D eigenvalue weighted by Gasteiger charge is 2.16. The molecule has 8 nitrogen and oxygen atoms in total. The number of nitro groups is 1. The number of amides is 1. The summed E-state index contributed by atoms with van der Waals surface area (Å²) < 4.78 is 1.37. The van der Waals surface area contributed by atoms with Gasteiger partial charge in [-0.25, -0.2) is 0 Å². The van der Waals surface area contributed by atoms with Crippen LogP contribution in [-0.2, 0) is 7.05 Å². The molecule has 0 fully saturated rings. The molecule has 1 heterocycles. The first kappa shape index (κ1) is 14.2. The van der Waals surface area contributed by atoms with Crippen LogP contribution in [0, 0.1) is 28.4 Å². The normalized spacial score (nSPS) is 9.95. The average Bonchev–Trinajstić information content (AvgIpc) is 2.79. The predicted molar refractivity (Wildman–Crippen MR) is 73.7 cm³/mol. The molecule has 0 saturated carbocycles. The van der Waals surface area contributed by atoms with Crippen LogP contribution in [0.2, 0.25) is 0 Å². The highest BCUT2D eigenvalue weighted by molar-refractivity contribution is 6.04. The zero-order valence-corrected chi connectivity index (χ0v) is 11.3. The quantitative estimate of drug-likeness (QED) is 0.681. The highest BCUT2D eigenvalue weighted by Crippen LogP contribution is 2.20. The monoisotopic (exact) mass is 285 g/mol. The molecule has 0 aliphatic carbocycles. The van der Waals surface area contributed by atoms with Crippen LogP contribution in [0.1, 0.15) is 21.5 Å². The zero-order valence-electron chi connectivity index (χ0n) is 11.3. The lowest BCUT2D eigenvalue weighted by atomic mass is 10.1. The lowest BCUT2D eigenvalue weighted by molar-refractivity contribution is -0.385. The van der Waals surface area contributed by atoms with Gasteiger partial charge in [-0.05, 0) is 19.1 Å². The van der Waals surface area contributed by atoms with E-state index in [2.05, 4.69) is 10.4 Å². The van der Waals surface area contributed by atoms with Crippen LogP contribution in [0.25, 0.3) is 0 Å². The molecule has 0 saturated heterocycles. The maximum absolute atomic E-state index is 12.1. The van der Waals surface area contributed by atoms with Crippen molar-refractivity contribution in [3.05, 3.63) is 51.2 Å². The lowest BCUT2D eigenvalue weighted by Crippen LogP contribution is -2.15. The molecule has 0 spiro atoms. The maximum Gasteiger partial charge on any atom is 0.272 e. The molecule has 0 unspecified atom stereocenters. The number of anilines is 1. The number of nitrogens with zero attached hydrogens (tertiary/aromatic N) is 4. The Morgan fingerprint density at radius 1 is 1.52 bits per heavy atom. The molecule has 0 aliphatic rings.